The SMILES string of the molecule is C=C/C(=C\C=C/C)c1ccccc1.CC.CC.O[OH2+]. The summed E-state index contributed by atoms with van der Waals surface area (Å²) >= 11 is 0. The van der Waals surface area contributed by atoms with Crippen molar-refractivity contribution in [1.82, 2.24) is 0 Å². The van der Waals surface area contributed by atoms with Crippen molar-refractivity contribution in [2.45, 2.75) is 34.6 Å². The molecule has 0 saturated carbocycles. The minimum Gasteiger partial charge on any atom is -0.263 e. The standard InChI is InChI=1S/C13H14.2C2H6.H2O2/c1-3-5-9-12(4-2)13-10-7-6-8-11-13;3*1-2/h3-11H,2H2,1H3;2*1-2H3;1-2H/p+1/b5-3-,12-9+;;;. The monoisotopic (exact) mass is 265 g/mol. The van der Waals surface area contributed by atoms with Crippen LogP contribution in [-0.4, -0.2) is 10.5 Å². The van der Waals surface area contributed by atoms with Crippen molar-refractivity contribution in [3.63, 3.8) is 0 Å². The Balaban J connectivity index is -0.000000375. The molecule has 0 fully saturated rings. The number of benzene rings is 1. The summed E-state index contributed by atoms with van der Waals surface area (Å²) in [4.78, 5) is 0. The van der Waals surface area contributed by atoms with Crippen molar-refractivity contribution >= 4 is 5.57 Å². The Morgan fingerprint density at radius 2 is 1.53 bits per heavy atom. The van der Waals surface area contributed by atoms with E-state index in [1.165, 1.54) is 5.56 Å². The quantitative estimate of drug-likeness (QED) is 0.352. The molecule has 0 atom stereocenters. The highest BCUT2D eigenvalue weighted by Gasteiger charge is 1.92. The van der Waals surface area contributed by atoms with E-state index in [0.29, 0.717) is 0 Å². The molecule has 0 spiro atoms. The molecule has 0 saturated heterocycles. The maximum Gasteiger partial charge on any atom is -0.0184 e. The van der Waals surface area contributed by atoms with Crippen LogP contribution in [0.1, 0.15) is 40.2 Å². The van der Waals surface area contributed by atoms with E-state index in [1.807, 2.05) is 71.0 Å². The lowest BCUT2D eigenvalue weighted by Gasteiger charge is -1.99. The Morgan fingerprint density at radius 1 is 1.05 bits per heavy atom. The van der Waals surface area contributed by atoms with Gasteiger partial charge in [0.25, 0.3) is 0 Å². The van der Waals surface area contributed by atoms with Gasteiger partial charge in [-0.3, -0.25) is 5.26 Å². The second-order valence-electron chi connectivity index (χ2n) is 2.72. The molecule has 108 valence electrons. The summed E-state index contributed by atoms with van der Waals surface area (Å²) in [5.41, 5.74) is 2.36. The number of hydrogen-bond donors (Lipinski definition) is 1. The molecule has 2 heteroatoms. The molecule has 19 heavy (non-hydrogen) atoms. The van der Waals surface area contributed by atoms with Crippen molar-refractivity contribution in [3.05, 3.63) is 66.8 Å². The van der Waals surface area contributed by atoms with E-state index in [9.17, 15) is 0 Å². The van der Waals surface area contributed by atoms with Crippen molar-refractivity contribution in [2.24, 2.45) is 0 Å². The van der Waals surface area contributed by atoms with Gasteiger partial charge in [0.2, 0.25) is 0 Å². The van der Waals surface area contributed by atoms with Crippen LogP contribution in [0.2, 0.25) is 0 Å². The zero-order chi connectivity index (χ0) is 15.5. The van der Waals surface area contributed by atoms with Gasteiger partial charge >= 0.3 is 0 Å². The van der Waals surface area contributed by atoms with Gasteiger partial charge < -0.3 is 0 Å². The maximum atomic E-state index is 6.25. The van der Waals surface area contributed by atoms with E-state index >= 15 is 0 Å². The molecular weight excluding hydrogens is 236 g/mol. The predicted octanol–water partition coefficient (Wildman–Crippen LogP) is 5.07. The minimum absolute atomic E-state index is 1.15. The lowest BCUT2D eigenvalue weighted by molar-refractivity contribution is -0.176. The molecule has 0 aliphatic heterocycles. The fraction of sp³-hybridized carbons (Fsp3) is 0.294. The fourth-order valence-corrected chi connectivity index (χ4v) is 1.11. The first-order valence-electron chi connectivity index (χ1n) is 6.61. The summed E-state index contributed by atoms with van der Waals surface area (Å²) in [6.45, 7) is 13.8. The first-order valence-corrected chi connectivity index (χ1v) is 6.61. The first-order chi connectivity index (χ1) is 9.38. The molecule has 2 nitrogen and oxygen atoms in total. The highest BCUT2D eigenvalue weighted by Crippen LogP contribution is 2.14. The summed E-state index contributed by atoms with van der Waals surface area (Å²) in [6, 6.07) is 10.2. The molecule has 3 N–H and O–H groups in total. The third-order valence-corrected chi connectivity index (χ3v) is 1.80. The van der Waals surface area contributed by atoms with Crippen LogP contribution in [0.25, 0.3) is 5.57 Å². The third-order valence-electron chi connectivity index (χ3n) is 1.80. The second kappa shape index (κ2) is 21.6. The zero-order valence-corrected chi connectivity index (χ0v) is 12.9. The summed E-state index contributed by atoms with van der Waals surface area (Å²) < 4.78 is 0. The highest BCUT2D eigenvalue weighted by molar-refractivity contribution is 5.74. The smallest absolute Gasteiger partial charge is 0.0184 e. The van der Waals surface area contributed by atoms with E-state index in [0.717, 1.165) is 5.57 Å². The Labute approximate surface area is 118 Å². The largest absolute Gasteiger partial charge is 0.263 e. The molecule has 0 aliphatic carbocycles. The average molecular weight is 265 g/mol. The normalized spacial score (nSPS) is 9.11. The molecule has 0 aromatic heterocycles. The van der Waals surface area contributed by atoms with Crippen molar-refractivity contribution < 1.29 is 10.5 Å². The highest BCUT2D eigenvalue weighted by atomic mass is 17.0. The van der Waals surface area contributed by atoms with E-state index in [1.54, 1.807) is 0 Å². The van der Waals surface area contributed by atoms with Crippen LogP contribution in [0.15, 0.2) is 61.2 Å². The van der Waals surface area contributed by atoms with E-state index in [4.69, 9.17) is 10.5 Å². The molecule has 0 aliphatic rings. The molecule has 0 heterocycles. The molecular formula is C17H29O2+. The molecule has 0 amide bonds. The van der Waals surface area contributed by atoms with Crippen LogP contribution in [0, 0.1) is 0 Å². The van der Waals surface area contributed by atoms with E-state index in [-0.39, 0.29) is 0 Å². The van der Waals surface area contributed by atoms with Gasteiger partial charge in [0, 0.05) is 0 Å². The number of hydrogen-bond acceptors (Lipinski definition) is 1. The Bertz CT molecular complexity index is 324. The topological polar surface area (TPSA) is 43.1 Å². The van der Waals surface area contributed by atoms with Gasteiger partial charge in [-0.15, -0.1) is 5.26 Å². The zero-order valence-electron chi connectivity index (χ0n) is 12.9. The van der Waals surface area contributed by atoms with Crippen molar-refractivity contribution in [3.8, 4) is 0 Å². The van der Waals surface area contributed by atoms with Crippen molar-refractivity contribution in [2.75, 3.05) is 0 Å². The summed E-state index contributed by atoms with van der Waals surface area (Å²) in [5, 5.41) is 11.0. The molecule has 0 unspecified atom stereocenters. The minimum atomic E-state index is 1.15. The maximum absolute atomic E-state index is 6.25. The summed E-state index contributed by atoms with van der Waals surface area (Å²) in [7, 11) is 0. The van der Waals surface area contributed by atoms with Gasteiger partial charge in [-0.1, -0.05) is 88.9 Å². The van der Waals surface area contributed by atoms with Gasteiger partial charge in [0.15, 0.2) is 0 Å². The lowest BCUT2D eigenvalue weighted by atomic mass is 10.1. The van der Waals surface area contributed by atoms with E-state index in [2.05, 4.69) is 24.8 Å². The van der Waals surface area contributed by atoms with Gasteiger partial charge in [-0.25, -0.2) is 0 Å². The first kappa shape index (κ1) is 22.5. The van der Waals surface area contributed by atoms with E-state index < -0.39 is 0 Å². The number of rotatable bonds is 3. The van der Waals surface area contributed by atoms with Crippen LogP contribution < -0.4 is 0 Å². The Morgan fingerprint density at radius 3 is 1.89 bits per heavy atom. The summed E-state index contributed by atoms with van der Waals surface area (Å²) in [5.74, 6) is 0. The molecule has 1 aromatic carbocycles. The fourth-order valence-electron chi connectivity index (χ4n) is 1.11. The Kier molecular flexibility index (Phi) is 25.6. The molecule has 1 rings (SSSR count). The van der Waals surface area contributed by atoms with Crippen LogP contribution in [0.4, 0.5) is 0 Å². The number of allylic oxidation sites excluding steroid dienone is 5. The van der Waals surface area contributed by atoms with Crippen molar-refractivity contribution in [1.29, 1.82) is 0 Å². The molecule has 0 bridgehead atoms. The van der Waals surface area contributed by atoms with Gasteiger partial charge in [-0.2, -0.15) is 0 Å². The molecule has 1 aromatic rings. The Hall–Kier alpha value is -1.64. The summed E-state index contributed by atoms with van der Waals surface area (Å²) in [6.07, 6.45) is 7.95. The van der Waals surface area contributed by atoms with Gasteiger partial charge in [0.1, 0.15) is 0 Å². The predicted molar refractivity (Wildman–Crippen MR) is 88.4 cm³/mol. The average Bonchev–Trinajstić information content (AvgIpc) is 2.55. The van der Waals surface area contributed by atoms with Crippen LogP contribution in [-0.2, 0) is 0 Å². The third kappa shape index (κ3) is 12.6. The molecule has 0 radical (unpaired) electrons. The van der Waals surface area contributed by atoms with Gasteiger partial charge in [0.05, 0.1) is 0 Å². The second-order valence-corrected chi connectivity index (χ2v) is 2.72. The van der Waals surface area contributed by atoms with Crippen LogP contribution >= 0.6 is 0 Å². The lowest BCUT2D eigenvalue weighted by Crippen LogP contribution is -1.77. The van der Waals surface area contributed by atoms with Gasteiger partial charge in [-0.05, 0) is 18.1 Å². The van der Waals surface area contributed by atoms with Crippen LogP contribution in [0.5, 0.6) is 0 Å². The van der Waals surface area contributed by atoms with Crippen LogP contribution in [0.3, 0.4) is 0 Å².